The van der Waals surface area contributed by atoms with E-state index in [1.807, 2.05) is 18.3 Å². The van der Waals surface area contributed by atoms with E-state index >= 15 is 0 Å². The average molecular weight is 993 g/mol. The first kappa shape index (κ1) is 42.9. The number of hydrogen-bond acceptors (Lipinski definition) is 3. The number of aromatic nitrogens is 2. The zero-order valence-electron chi connectivity index (χ0n) is 37.2. The standard InChI is InChI=1S/C56H55N5.Pt/c1-54(2,3)40-33-41(55(4,5)6)35-43(34-40)58-38-52(56(7,8)9)59(39-58)42-21-20-26-46(36-42)61(44-22-12-10-13-23-44,45-24-14-11-15-25-45)47-30-31-49-48-27-16-17-28-50(48)60(51(49)37-47)53-29-18-19-32-57-53;/h10-35,38-39H,1-9H3;/q-2;. The summed E-state index contributed by atoms with van der Waals surface area (Å²) in [6, 6.07) is 62.5. The molecule has 9 rings (SSSR count). The number of pyridine rings is 1. The van der Waals surface area contributed by atoms with Crippen LogP contribution in [-0.4, -0.2) is 9.55 Å². The van der Waals surface area contributed by atoms with Gasteiger partial charge in [0.2, 0.25) is 0 Å². The molecule has 0 amide bonds. The van der Waals surface area contributed by atoms with Crippen LogP contribution in [0.4, 0.5) is 34.1 Å². The summed E-state index contributed by atoms with van der Waals surface area (Å²) in [5.41, 5.74) is 11.9. The van der Waals surface area contributed by atoms with Gasteiger partial charge in [-0.3, -0.25) is 0 Å². The number of allylic oxidation sites excluding steroid dienone is 1. The minimum absolute atomic E-state index is 0. The molecule has 8 aromatic rings. The zero-order chi connectivity index (χ0) is 42.7. The molecule has 1 aliphatic rings. The Hall–Kier alpha value is -5.74. The summed E-state index contributed by atoms with van der Waals surface area (Å²) in [5, 5.41) is 2.29. The average Bonchev–Trinajstić information content (AvgIpc) is 3.86. The van der Waals surface area contributed by atoms with Crippen molar-refractivity contribution in [2.75, 3.05) is 9.80 Å². The van der Waals surface area contributed by atoms with Gasteiger partial charge >= 0.3 is 0 Å². The molecule has 3 heterocycles. The Morgan fingerprint density at radius 2 is 1.15 bits per heavy atom. The van der Waals surface area contributed by atoms with Crippen molar-refractivity contribution in [3.63, 3.8) is 0 Å². The van der Waals surface area contributed by atoms with Crippen molar-refractivity contribution in [1.29, 1.82) is 0 Å². The first-order valence-corrected chi connectivity index (χ1v) is 21.4. The predicted molar refractivity (Wildman–Crippen MR) is 257 cm³/mol. The van der Waals surface area contributed by atoms with Crippen LogP contribution in [0.15, 0.2) is 170 Å². The van der Waals surface area contributed by atoms with E-state index in [0.717, 1.165) is 61.7 Å². The second kappa shape index (κ2) is 16.2. The van der Waals surface area contributed by atoms with Crippen molar-refractivity contribution >= 4 is 55.9 Å². The second-order valence-corrected chi connectivity index (χ2v) is 19.3. The predicted octanol–water partition coefficient (Wildman–Crippen LogP) is 15.0. The van der Waals surface area contributed by atoms with E-state index in [4.69, 9.17) is 4.98 Å². The Kier molecular flexibility index (Phi) is 11.2. The van der Waals surface area contributed by atoms with E-state index in [1.54, 1.807) is 0 Å². The molecular formula is C56H55N5Pt-2. The van der Waals surface area contributed by atoms with Crippen LogP contribution in [-0.2, 0) is 31.9 Å². The number of nitrogens with zero attached hydrogens (tertiary/aromatic N) is 5. The molecule has 0 atom stereocenters. The minimum Gasteiger partial charge on any atom is -0.497 e. The summed E-state index contributed by atoms with van der Waals surface area (Å²) < 4.78 is 2.50. The van der Waals surface area contributed by atoms with E-state index in [9.17, 15) is 0 Å². The Balaban J connectivity index is 0.00000529. The summed E-state index contributed by atoms with van der Waals surface area (Å²) in [6.45, 7) is 22.9. The van der Waals surface area contributed by atoms with Gasteiger partial charge in [-0.2, -0.15) is 12.1 Å². The molecular weight excluding hydrogens is 938 g/mol. The quantitative estimate of drug-likeness (QED) is 0.117. The molecule has 0 radical (unpaired) electrons. The largest absolute Gasteiger partial charge is 0.497 e. The maximum absolute atomic E-state index is 4.84. The van der Waals surface area contributed by atoms with Gasteiger partial charge < -0.3 is 14.4 Å². The third-order valence-electron chi connectivity index (χ3n) is 12.0. The van der Waals surface area contributed by atoms with Crippen LogP contribution in [0.1, 0.15) is 73.4 Å². The Morgan fingerprint density at radius 1 is 0.548 bits per heavy atom. The van der Waals surface area contributed by atoms with Gasteiger partial charge in [-0.25, -0.2) is 9.47 Å². The summed E-state index contributed by atoms with van der Waals surface area (Å²) in [6.07, 6.45) is 4.17. The van der Waals surface area contributed by atoms with Crippen LogP contribution in [0.5, 0.6) is 0 Å². The van der Waals surface area contributed by atoms with Gasteiger partial charge in [-0.05, 0) is 63.9 Å². The Labute approximate surface area is 382 Å². The SMILES string of the molecule is CC(C)(C)C1=CN(c2cc(C(C)(C)C)cc(C(C)(C)C)c2)[CH-]N1c1[c-]c([N+](c2[c-]c3c(cc2)c2ccccc2n3-c2ccccn2)(c2ccccc2)c2ccccc2)ccc1.[Pt]. The molecule has 0 unspecified atom stereocenters. The Bertz CT molecular complexity index is 2820. The van der Waals surface area contributed by atoms with Crippen LogP contribution in [0.3, 0.4) is 0 Å². The Morgan fingerprint density at radius 3 is 1.74 bits per heavy atom. The summed E-state index contributed by atoms with van der Waals surface area (Å²) in [5.74, 6) is 0.853. The van der Waals surface area contributed by atoms with Crippen molar-refractivity contribution in [3.8, 4) is 5.82 Å². The van der Waals surface area contributed by atoms with Crippen LogP contribution < -0.4 is 14.3 Å². The van der Waals surface area contributed by atoms with Gasteiger partial charge in [0.25, 0.3) is 0 Å². The maximum atomic E-state index is 4.84. The maximum Gasteiger partial charge on any atom is 0.144 e. The number of hydrogen-bond donors (Lipinski definition) is 0. The molecule has 316 valence electrons. The molecule has 0 saturated carbocycles. The van der Waals surface area contributed by atoms with E-state index in [-0.39, 0.29) is 41.8 Å². The van der Waals surface area contributed by atoms with Crippen molar-refractivity contribution in [2.24, 2.45) is 5.41 Å². The minimum atomic E-state index is -0.175. The molecule has 62 heavy (non-hydrogen) atoms. The molecule has 1 aliphatic heterocycles. The van der Waals surface area contributed by atoms with Gasteiger partial charge in [0.15, 0.2) is 0 Å². The van der Waals surface area contributed by atoms with Gasteiger partial charge in [-0.15, -0.1) is 30.3 Å². The fraction of sp³-hybridized carbons (Fsp3) is 0.214. The van der Waals surface area contributed by atoms with Crippen molar-refractivity contribution in [2.45, 2.75) is 73.1 Å². The summed E-state index contributed by atoms with van der Waals surface area (Å²) in [4.78, 5) is 9.48. The van der Waals surface area contributed by atoms with E-state index in [1.165, 1.54) is 16.8 Å². The first-order chi connectivity index (χ1) is 29.1. The fourth-order valence-corrected chi connectivity index (χ4v) is 8.65. The van der Waals surface area contributed by atoms with Crippen LogP contribution in [0.2, 0.25) is 0 Å². The number of benzene rings is 6. The van der Waals surface area contributed by atoms with Crippen LogP contribution in [0, 0.1) is 24.2 Å². The van der Waals surface area contributed by atoms with Crippen molar-refractivity contribution in [1.82, 2.24) is 14.0 Å². The number of fused-ring (bicyclic) bond motifs is 3. The van der Waals surface area contributed by atoms with Gasteiger partial charge in [-0.1, -0.05) is 152 Å². The van der Waals surface area contributed by atoms with Crippen LogP contribution in [0.25, 0.3) is 27.6 Å². The molecule has 0 saturated heterocycles. The molecule has 6 heteroatoms. The topological polar surface area (TPSA) is 24.3 Å². The second-order valence-electron chi connectivity index (χ2n) is 19.3. The van der Waals surface area contributed by atoms with Crippen molar-refractivity contribution in [3.05, 3.63) is 200 Å². The zero-order valence-corrected chi connectivity index (χ0v) is 39.5. The number of para-hydroxylation sites is 3. The molecule has 0 spiro atoms. The molecule has 0 aliphatic carbocycles. The van der Waals surface area contributed by atoms with E-state index in [0.29, 0.717) is 0 Å². The summed E-state index contributed by atoms with van der Waals surface area (Å²) >= 11 is 0. The summed E-state index contributed by atoms with van der Waals surface area (Å²) in [7, 11) is 0. The monoisotopic (exact) mass is 992 g/mol. The molecule has 0 bridgehead atoms. The smallest absolute Gasteiger partial charge is 0.144 e. The normalized spacial score (nSPS) is 13.7. The van der Waals surface area contributed by atoms with Crippen molar-refractivity contribution < 1.29 is 21.1 Å². The van der Waals surface area contributed by atoms with E-state index < -0.39 is 0 Å². The van der Waals surface area contributed by atoms with E-state index in [2.05, 4.69) is 241 Å². The third kappa shape index (κ3) is 7.60. The van der Waals surface area contributed by atoms with Gasteiger partial charge in [0.05, 0.1) is 0 Å². The number of quaternary nitrogens is 1. The number of anilines is 2. The first-order valence-electron chi connectivity index (χ1n) is 21.4. The fourth-order valence-electron chi connectivity index (χ4n) is 8.65. The molecule has 5 nitrogen and oxygen atoms in total. The molecule has 2 aromatic heterocycles. The molecule has 0 fully saturated rings. The number of rotatable bonds is 7. The molecule has 0 N–H and O–H groups in total. The molecule has 6 aromatic carbocycles. The van der Waals surface area contributed by atoms with Gasteiger partial charge in [0, 0.05) is 85.2 Å². The van der Waals surface area contributed by atoms with Gasteiger partial charge in [0.1, 0.15) is 17.2 Å². The van der Waals surface area contributed by atoms with Crippen LogP contribution >= 0.6 is 0 Å². The third-order valence-corrected chi connectivity index (χ3v) is 12.0.